The molecule has 2 atom stereocenters. The van der Waals surface area contributed by atoms with Crippen LogP contribution < -0.4 is 14.8 Å². The highest BCUT2D eigenvalue weighted by Crippen LogP contribution is 2.29. The third-order valence-corrected chi connectivity index (χ3v) is 5.14. The summed E-state index contributed by atoms with van der Waals surface area (Å²) >= 11 is 0. The van der Waals surface area contributed by atoms with Crippen LogP contribution in [0, 0.1) is 0 Å². The van der Waals surface area contributed by atoms with Crippen molar-refractivity contribution in [1.82, 2.24) is 10.2 Å². The lowest BCUT2D eigenvalue weighted by Gasteiger charge is -2.44. The summed E-state index contributed by atoms with van der Waals surface area (Å²) in [7, 11) is 3.38. The van der Waals surface area contributed by atoms with Crippen molar-refractivity contribution in [3.05, 3.63) is 23.8 Å². The van der Waals surface area contributed by atoms with Crippen molar-refractivity contribution >= 4 is 0 Å². The zero-order chi connectivity index (χ0) is 15.4. The van der Waals surface area contributed by atoms with Gasteiger partial charge >= 0.3 is 0 Å². The first-order valence-electron chi connectivity index (χ1n) is 8.50. The molecule has 4 heteroatoms. The quantitative estimate of drug-likeness (QED) is 0.906. The number of ether oxygens (including phenoxy) is 2. The van der Waals surface area contributed by atoms with Gasteiger partial charge in [0.05, 0.1) is 14.2 Å². The summed E-state index contributed by atoms with van der Waals surface area (Å²) in [6, 6.07) is 7.73. The zero-order valence-corrected chi connectivity index (χ0v) is 13.8. The minimum Gasteiger partial charge on any atom is -0.493 e. The van der Waals surface area contributed by atoms with E-state index >= 15 is 0 Å². The maximum atomic E-state index is 5.41. The van der Waals surface area contributed by atoms with Crippen LogP contribution in [0.2, 0.25) is 0 Å². The first kappa shape index (κ1) is 15.6. The summed E-state index contributed by atoms with van der Waals surface area (Å²) in [5, 5.41) is 3.70. The number of piperazine rings is 1. The highest BCUT2D eigenvalue weighted by Gasteiger charge is 2.32. The van der Waals surface area contributed by atoms with E-state index in [1.54, 1.807) is 14.2 Å². The molecule has 2 aliphatic rings. The van der Waals surface area contributed by atoms with Gasteiger partial charge in [-0.05, 0) is 37.0 Å². The first-order chi connectivity index (χ1) is 10.8. The van der Waals surface area contributed by atoms with Gasteiger partial charge in [0.2, 0.25) is 0 Å². The van der Waals surface area contributed by atoms with Crippen LogP contribution in [-0.2, 0) is 6.42 Å². The lowest BCUT2D eigenvalue weighted by atomic mass is 9.87. The fraction of sp³-hybridized carbons (Fsp3) is 0.667. The summed E-state index contributed by atoms with van der Waals surface area (Å²) in [5.74, 6) is 1.64. The van der Waals surface area contributed by atoms with Crippen LogP contribution >= 0.6 is 0 Å². The van der Waals surface area contributed by atoms with E-state index in [-0.39, 0.29) is 0 Å². The lowest BCUT2D eigenvalue weighted by Crippen LogP contribution is -2.59. The minimum atomic E-state index is 0.716. The SMILES string of the molecule is COc1ccc(CCN2CCN[C@@H]3CCCC[C@@H]32)cc1OC. The van der Waals surface area contributed by atoms with Crippen LogP contribution in [0.25, 0.3) is 0 Å². The van der Waals surface area contributed by atoms with Gasteiger partial charge in [0.15, 0.2) is 11.5 Å². The third-order valence-electron chi connectivity index (χ3n) is 5.14. The summed E-state index contributed by atoms with van der Waals surface area (Å²) in [6.45, 7) is 3.44. The number of hydrogen-bond donors (Lipinski definition) is 1. The van der Waals surface area contributed by atoms with E-state index in [0.29, 0.717) is 6.04 Å². The molecule has 1 saturated heterocycles. The van der Waals surface area contributed by atoms with Gasteiger partial charge in [0.25, 0.3) is 0 Å². The molecule has 1 aromatic carbocycles. The molecule has 1 heterocycles. The molecule has 1 aliphatic heterocycles. The molecule has 4 nitrogen and oxygen atoms in total. The summed E-state index contributed by atoms with van der Waals surface area (Å²) in [4.78, 5) is 2.69. The van der Waals surface area contributed by atoms with Crippen LogP contribution in [0.1, 0.15) is 31.2 Å². The molecule has 0 unspecified atom stereocenters. The molecule has 0 amide bonds. The second kappa shape index (κ2) is 7.34. The standard InChI is InChI=1S/C18H28N2O2/c1-21-17-8-7-14(13-18(17)22-2)9-11-20-12-10-19-15-5-3-4-6-16(15)20/h7-8,13,15-16,19H,3-6,9-12H2,1-2H3/t15-,16+/m1/s1. The van der Waals surface area contributed by atoms with Gasteiger partial charge < -0.3 is 14.8 Å². The van der Waals surface area contributed by atoms with E-state index in [9.17, 15) is 0 Å². The number of methoxy groups -OCH3 is 2. The largest absolute Gasteiger partial charge is 0.493 e. The normalized spacial score (nSPS) is 25.5. The van der Waals surface area contributed by atoms with Gasteiger partial charge in [-0.25, -0.2) is 0 Å². The first-order valence-corrected chi connectivity index (χ1v) is 8.50. The Morgan fingerprint density at radius 2 is 1.95 bits per heavy atom. The van der Waals surface area contributed by atoms with Gasteiger partial charge in [-0.15, -0.1) is 0 Å². The predicted octanol–water partition coefficient (Wildman–Crippen LogP) is 2.46. The van der Waals surface area contributed by atoms with Crippen LogP contribution in [0.15, 0.2) is 18.2 Å². The second-order valence-corrected chi connectivity index (χ2v) is 6.39. The second-order valence-electron chi connectivity index (χ2n) is 6.39. The number of nitrogens with zero attached hydrogens (tertiary/aromatic N) is 1. The Kier molecular flexibility index (Phi) is 5.21. The average molecular weight is 304 g/mol. The van der Waals surface area contributed by atoms with Crippen molar-refractivity contribution in [3.8, 4) is 11.5 Å². The van der Waals surface area contributed by atoms with Crippen molar-refractivity contribution in [1.29, 1.82) is 0 Å². The molecule has 1 aliphatic carbocycles. The fourth-order valence-electron chi connectivity index (χ4n) is 3.93. The molecule has 1 N–H and O–H groups in total. The predicted molar refractivity (Wildman–Crippen MR) is 88.9 cm³/mol. The van der Waals surface area contributed by atoms with Crippen LogP contribution in [0.3, 0.4) is 0 Å². The molecule has 3 rings (SSSR count). The molecular weight excluding hydrogens is 276 g/mol. The highest BCUT2D eigenvalue weighted by molar-refractivity contribution is 5.42. The minimum absolute atomic E-state index is 0.716. The maximum absolute atomic E-state index is 5.41. The molecule has 1 saturated carbocycles. The molecule has 22 heavy (non-hydrogen) atoms. The zero-order valence-electron chi connectivity index (χ0n) is 13.8. The number of rotatable bonds is 5. The maximum Gasteiger partial charge on any atom is 0.160 e. The van der Waals surface area contributed by atoms with Gasteiger partial charge in [-0.1, -0.05) is 18.9 Å². The van der Waals surface area contributed by atoms with Gasteiger partial charge in [-0.3, -0.25) is 4.90 Å². The number of fused-ring (bicyclic) bond motifs is 1. The summed E-state index contributed by atoms with van der Waals surface area (Å²) in [5.41, 5.74) is 1.32. The molecule has 0 bridgehead atoms. The molecule has 0 radical (unpaired) electrons. The Labute approximate surface area is 133 Å². The van der Waals surface area contributed by atoms with E-state index < -0.39 is 0 Å². The van der Waals surface area contributed by atoms with E-state index in [1.165, 1.54) is 37.8 Å². The van der Waals surface area contributed by atoms with E-state index in [2.05, 4.69) is 22.3 Å². The molecule has 0 aromatic heterocycles. The molecular formula is C18H28N2O2. The summed E-state index contributed by atoms with van der Waals surface area (Å²) in [6.07, 6.45) is 6.54. The Morgan fingerprint density at radius 3 is 2.77 bits per heavy atom. The molecule has 122 valence electrons. The molecule has 2 fully saturated rings. The van der Waals surface area contributed by atoms with E-state index in [1.807, 2.05) is 6.07 Å². The van der Waals surface area contributed by atoms with Crippen molar-refractivity contribution in [2.45, 2.75) is 44.2 Å². The third kappa shape index (κ3) is 3.39. The fourth-order valence-corrected chi connectivity index (χ4v) is 3.93. The van der Waals surface area contributed by atoms with Crippen LogP contribution in [0.5, 0.6) is 11.5 Å². The molecule has 0 spiro atoms. The molecule has 1 aromatic rings. The van der Waals surface area contributed by atoms with E-state index in [4.69, 9.17) is 9.47 Å². The number of nitrogens with one attached hydrogen (secondary N) is 1. The van der Waals surface area contributed by atoms with Crippen molar-refractivity contribution in [2.75, 3.05) is 33.9 Å². The van der Waals surface area contributed by atoms with Gasteiger partial charge in [0, 0.05) is 31.7 Å². The van der Waals surface area contributed by atoms with Crippen molar-refractivity contribution in [2.24, 2.45) is 0 Å². The van der Waals surface area contributed by atoms with E-state index in [0.717, 1.165) is 37.1 Å². The Bertz CT molecular complexity index is 490. The number of hydrogen-bond acceptors (Lipinski definition) is 4. The van der Waals surface area contributed by atoms with Crippen molar-refractivity contribution < 1.29 is 9.47 Å². The summed E-state index contributed by atoms with van der Waals surface area (Å²) < 4.78 is 10.7. The topological polar surface area (TPSA) is 33.7 Å². The van der Waals surface area contributed by atoms with Gasteiger partial charge in [0.1, 0.15) is 0 Å². The number of benzene rings is 1. The van der Waals surface area contributed by atoms with Crippen LogP contribution in [-0.4, -0.2) is 50.8 Å². The Balaban J connectivity index is 1.61. The smallest absolute Gasteiger partial charge is 0.160 e. The van der Waals surface area contributed by atoms with Crippen LogP contribution in [0.4, 0.5) is 0 Å². The lowest BCUT2D eigenvalue weighted by molar-refractivity contribution is 0.0893. The Hall–Kier alpha value is -1.26. The Morgan fingerprint density at radius 1 is 1.14 bits per heavy atom. The highest BCUT2D eigenvalue weighted by atomic mass is 16.5. The monoisotopic (exact) mass is 304 g/mol. The van der Waals surface area contributed by atoms with Crippen molar-refractivity contribution in [3.63, 3.8) is 0 Å². The van der Waals surface area contributed by atoms with Gasteiger partial charge in [-0.2, -0.15) is 0 Å². The average Bonchev–Trinajstić information content (AvgIpc) is 2.59.